The van der Waals surface area contributed by atoms with Crippen molar-refractivity contribution in [2.24, 2.45) is 5.92 Å². The summed E-state index contributed by atoms with van der Waals surface area (Å²) < 4.78 is 5.02. The molecule has 1 atom stereocenters. The van der Waals surface area contributed by atoms with Gasteiger partial charge >= 0.3 is 6.09 Å². The topological polar surface area (TPSA) is 84.4 Å². The van der Waals surface area contributed by atoms with E-state index >= 15 is 0 Å². The second-order valence-electron chi connectivity index (χ2n) is 8.24. The molecule has 29 heavy (non-hydrogen) atoms. The molecule has 0 aliphatic rings. The number of rotatable bonds is 21. The van der Waals surface area contributed by atoms with Gasteiger partial charge in [-0.15, -0.1) is 5.73 Å². The molecule has 0 rings (SSSR count). The molecule has 168 valence electrons. The first-order valence-corrected chi connectivity index (χ1v) is 12.1. The summed E-state index contributed by atoms with van der Waals surface area (Å²) >= 11 is 0. The summed E-state index contributed by atoms with van der Waals surface area (Å²) in [6.45, 7) is 2.85. The first-order valence-electron chi connectivity index (χ1n) is 12.1. The summed E-state index contributed by atoms with van der Waals surface area (Å²) in [4.78, 5) is 11.5. The number of nitriles is 1. The Morgan fingerprint density at radius 1 is 0.828 bits per heavy atom. The molecule has 0 aromatic rings. The molecule has 0 bridgehead atoms. The fourth-order valence-electron chi connectivity index (χ4n) is 3.41. The highest BCUT2D eigenvalue weighted by Gasteiger charge is 2.10. The van der Waals surface area contributed by atoms with Crippen molar-refractivity contribution in [3.8, 4) is 6.07 Å². The van der Waals surface area contributed by atoms with Gasteiger partial charge in [-0.25, -0.2) is 4.79 Å². The molecular formula is C24H45N3O2. The van der Waals surface area contributed by atoms with Gasteiger partial charge in [-0.3, -0.25) is 0 Å². The number of hydrogen-bond acceptors (Lipinski definition) is 3. The molecule has 0 aromatic heterocycles. The Morgan fingerprint density at radius 3 is 1.69 bits per heavy atom. The molecule has 0 aliphatic carbocycles. The molecule has 1 unspecified atom stereocenters. The zero-order chi connectivity index (χ0) is 21.4. The number of nitrogens with one attached hydrogen (secondary N) is 1. The molecule has 0 saturated heterocycles. The van der Waals surface area contributed by atoms with E-state index in [0.717, 1.165) is 12.8 Å². The molecular weight excluding hydrogens is 362 g/mol. The van der Waals surface area contributed by atoms with E-state index in [1.165, 1.54) is 89.9 Å². The van der Waals surface area contributed by atoms with E-state index < -0.39 is 6.09 Å². The lowest BCUT2D eigenvalue weighted by atomic mass is 10.0. The number of alkyl carbamates (subject to hydrolysis) is 1. The van der Waals surface area contributed by atoms with Crippen molar-refractivity contribution in [1.29, 1.82) is 5.26 Å². The number of nitrogens with zero attached hydrogens (tertiary/aromatic N) is 2. The second kappa shape index (κ2) is 23.0. The van der Waals surface area contributed by atoms with Gasteiger partial charge in [-0.05, 0) is 6.42 Å². The number of ether oxygens (including phenoxy) is 1. The third kappa shape index (κ3) is 21.2. The molecule has 1 N–H and O–H groups in total. The van der Waals surface area contributed by atoms with E-state index in [1.54, 1.807) is 0 Å². The molecule has 0 aromatic carbocycles. The van der Waals surface area contributed by atoms with Crippen molar-refractivity contribution < 1.29 is 9.53 Å². The monoisotopic (exact) mass is 407 g/mol. The van der Waals surface area contributed by atoms with Crippen LogP contribution in [0.4, 0.5) is 4.79 Å². The summed E-state index contributed by atoms with van der Waals surface area (Å²) in [7, 11) is 0. The van der Waals surface area contributed by atoms with Crippen LogP contribution in [0.15, 0.2) is 0 Å². The van der Waals surface area contributed by atoms with Gasteiger partial charge in [0.1, 0.15) is 0 Å². The molecule has 0 spiro atoms. The van der Waals surface area contributed by atoms with Crippen LogP contribution in [-0.4, -0.2) is 25.8 Å². The Morgan fingerprint density at radius 2 is 1.28 bits per heavy atom. The van der Waals surface area contributed by atoms with Crippen molar-refractivity contribution in [2.75, 3.05) is 19.7 Å². The zero-order valence-corrected chi connectivity index (χ0v) is 18.9. The van der Waals surface area contributed by atoms with Crippen LogP contribution in [0.3, 0.4) is 0 Å². The first-order chi connectivity index (χ1) is 14.2. The maximum Gasteiger partial charge on any atom is 0.407 e. The summed E-state index contributed by atoms with van der Waals surface area (Å²) in [6, 6.07) is 1.97. The Labute approximate surface area is 180 Å². The fourth-order valence-corrected chi connectivity index (χ4v) is 3.41. The Bertz CT molecular complexity index is 396. The average molecular weight is 408 g/mol. The highest BCUT2D eigenvalue weighted by molar-refractivity contribution is 5.67. The van der Waals surface area contributed by atoms with Crippen LogP contribution in [-0.2, 0) is 4.74 Å². The van der Waals surface area contributed by atoms with E-state index in [9.17, 15) is 4.79 Å². The minimum absolute atomic E-state index is 0.0921. The van der Waals surface area contributed by atoms with Crippen molar-refractivity contribution >= 4 is 6.09 Å². The predicted molar refractivity (Wildman–Crippen MR) is 120 cm³/mol. The summed E-state index contributed by atoms with van der Waals surface area (Å²) in [6.07, 6.45) is 21.1. The molecule has 0 fully saturated rings. The lowest BCUT2D eigenvalue weighted by Crippen LogP contribution is -2.28. The van der Waals surface area contributed by atoms with Gasteiger partial charge in [0.15, 0.2) is 0 Å². The molecule has 0 saturated carbocycles. The lowest BCUT2D eigenvalue weighted by Gasteiger charge is -2.11. The van der Waals surface area contributed by atoms with Crippen molar-refractivity contribution in [3.63, 3.8) is 0 Å². The summed E-state index contributed by atoms with van der Waals surface area (Å²) in [5.74, 6) is -0.290. The average Bonchev–Trinajstić information content (AvgIpc) is 2.73. The van der Waals surface area contributed by atoms with Crippen LogP contribution in [0, 0.1) is 17.2 Å². The van der Waals surface area contributed by atoms with Gasteiger partial charge in [0.25, 0.3) is 0 Å². The fraction of sp³-hybridized carbons (Fsp3) is 0.917. The number of carbonyl (C=O) groups is 1. The van der Waals surface area contributed by atoms with Crippen LogP contribution < -0.4 is 11.1 Å². The zero-order valence-electron chi connectivity index (χ0n) is 18.9. The van der Waals surface area contributed by atoms with Crippen LogP contribution in [0.25, 0.3) is 0 Å². The summed E-state index contributed by atoms with van der Waals surface area (Å²) in [5, 5.41) is 11.3. The minimum Gasteiger partial charge on any atom is -0.449 e. The van der Waals surface area contributed by atoms with Gasteiger partial charge in [0, 0.05) is 25.4 Å². The van der Waals surface area contributed by atoms with Gasteiger partial charge in [-0.1, -0.05) is 103 Å². The Hall–Kier alpha value is -1.28. The molecule has 1 amide bonds. The predicted octanol–water partition coefficient (Wildman–Crippen LogP) is 6.57. The number of amides is 1. The van der Waals surface area contributed by atoms with Crippen LogP contribution in [0.5, 0.6) is 0 Å². The largest absolute Gasteiger partial charge is 0.449 e. The third-order valence-electron chi connectivity index (χ3n) is 5.39. The number of unbranched alkanes of at least 4 members (excludes halogenated alkanes) is 15. The van der Waals surface area contributed by atoms with Gasteiger partial charge in [0.2, 0.25) is 0 Å². The molecule has 5 heteroatoms. The Balaban J connectivity index is 3.22. The van der Waals surface area contributed by atoms with E-state index in [-0.39, 0.29) is 25.5 Å². The van der Waals surface area contributed by atoms with Crippen molar-refractivity contribution in [2.45, 2.75) is 116 Å². The Kier molecular flexibility index (Phi) is 22.0. The smallest absolute Gasteiger partial charge is 0.407 e. The highest BCUT2D eigenvalue weighted by atomic mass is 16.5. The standard InChI is InChI=1S/C24H45N3O2/c1-2-3-4-5-6-7-8-9-10-11-12-13-14-15-16-17-20-27-24(28)29-22-23(21-26)18-19-25/h23H,2-18,20-22H2,1H3,(H,27,28). The normalized spacial score (nSPS) is 11.8. The van der Waals surface area contributed by atoms with E-state index in [4.69, 9.17) is 15.7 Å². The van der Waals surface area contributed by atoms with Crippen molar-refractivity contribution in [3.05, 3.63) is 0 Å². The lowest BCUT2D eigenvalue weighted by molar-refractivity contribution is 0.128. The van der Waals surface area contributed by atoms with Crippen LogP contribution in [0.1, 0.15) is 116 Å². The first kappa shape index (κ1) is 27.7. The number of carbonyl (C=O) groups excluding carboxylic acids is 1. The molecule has 0 heterocycles. The van der Waals surface area contributed by atoms with Gasteiger partial charge < -0.3 is 10.1 Å². The van der Waals surface area contributed by atoms with E-state index in [0.29, 0.717) is 6.54 Å². The highest BCUT2D eigenvalue weighted by Crippen LogP contribution is 2.13. The third-order valence-corrected chi connectivity index (χ3v) is 5.39. The maximum absolute atomic E-state index is 11.5. The van der Waals surface area contributed by atoms with E-state index in [1.807, 2.05) is 6.07 Å². The SMILES string of the molecule is CCCCCCCCCCCCCCCCCCNC(=O)OCC(C[N])CC#N. The van der Waals surface area contributed by atoms with Crippen LogP contribution in [0.2, 0.25) is 0 Å². The minimum atomic E-state index is -0.456. The van der Waals surface area contributed by atoms with E-state index in [2.05, 4.69) is 12.2 Å². The molecule has 5 nitrogen and oxygen atoms in total. The van der Waals surface area contributed by atoms with Crippen LogP contribution >= 0.6 is 0 Å². The van der Waals surface area contributed by atoms with Crippen molar-refractivity contribution in [1.82, 2.24) is 11.1 Å². The number of hydrogen-bond donors (Lipinski definition) is 1. The van der Waals surface area contributed by atoms with Gasteiger partial charge in [-0.2, -0.15) is 5.26 Å². The molecule has 2 radical (unpaired) electrons. The maximum atomic E-state index is 11.5. The quantitative estimate of drug-likeness (QED) is 0.218. The molecule has 0 aliphatic heterocycles. The van der Waals surface area contributed by atoms with Gasteiger partial charge in [0.05, 0.1) is 12.7 Å². The second-order valence-corrected chi connectivity index (χ2v) is 8.24. The summed E-state index contributed by atoms with van der Waals surface area (Å²) in [5.41, 5.74) is 9.04.